The molecule has 0 saturated carbocycles. The van der Waals surface area contributed by atoms with E-state index in [1.54, 1.807) is 30.0 Å². The van der Waals surface area contributed by atoms with Gasteiger partial charge in [0.2, 0.25) is 5.91 Å². The molecule has 0 aliphatic rings. The summed E-state index contributed by atoms with van der Waals surface area (Å²) in [5.74, 6) is 1.30. The molecule has 1 heterocycles. The molecule has 17 heavy (non-hydrogen) atoms. The maximum absolute atomic E-state index is 11.5. The van der Waals surface area contributed by atoms with E-state index in [0.717, 1.165) is 5.75 Å². The van der Waals surface area contributed by atoms with Crippen molar-refractivity contribution in [2.24, 2.45) is 0 Å². The van der Waals surface area contributed by atoms with Crippen LogP contribution in [0.1, 0.15) is 25.1 Å². The van der Waals surface area contributed by atoms with Gasteiger partial charge in [0.25, 0.3) is 0 Å². The Hall–Kier alpha value is -0.520. The molecule has 1 aromatic heterocycles. The number of rotatable bonds is 7. The van der Waals surface area contributed by atoms with E-state index in [1.165, 1.54) is 4.88 Å². The average Bonchev–Trinajstić information content (AvgIpc) is 2.80. The van der Waals surface area contributed by atoms with Crippen molar-refractivity contribution in [2.45, 2.75) is 31.6 Å². The zero-order chi connectivity index (χ0) is 12.7. The first-order chi connectivity index (χ1) is 8.03. The van der Waals surface area contributed by atoms with E-state index in [2.05, 4.69) is 11.4 Å². The molecule has 0 aliphatic carbocycles. The third kappa shape index (κ3) is 6.10. The van der Waals surface area contributed by atoms with Gasteiger partial charge in [0.15, 0.2) is 0 Å². The summed E-state index contributed by atoms with van der Waals surface area (Å²) in [7, 11) is 0. The van der Waals surface area contributed by atoms with Crippen molar-refractivity contribution in [3.8, 4) is 0 Å². The van der Waals surface area contributed by atoms with Gasteiger partial charge in [-0.1, -0.05) is 13.0 Å². The second kappa shape index (κ2) is 7.03. The fraction of sp³-hybridized carbons (Fsp3) is 0.583. The predicted octanol–water partition coefficient (Wildman–Crippen LogP) is 2.26. The molecule has 1 unspecified atom stereocenters. The number of carbonyl (C=O) groups excluding carboxylic acids is 1. The lowest BCUT2D eigenvalue weighted by atomic mass is 10.0. The van der Waals surface area contributed by atoms with Gasteiger partial charge in [-0.15, -0.1) is 23.1 Å². The maximum atomic E-state index is 11.5. The van der Waals surface area contributed by atoms with Crippen LogP contribution in [0.3, 0.4) is 0 Å². The molecule has 1 amide bonds. The highest BCUT2D eigenvalue weighted by atomic mass is 32.2. The van der Waals surface area contributed by atoms with Gasteiger partial charge in [-0.2, -0.15) is 0 Å². The average molecular weight is 273 g/mol. The lowest BCUT2D eigenvalue weighted by Gasteiger charge is -2.21. The van der Waals surface area contributed by atoms with Crippen LogP contribution in [0.4, 0.5) is 0 Å². The standard InChI is InChI=1S/C12H19NO2S2/c1-3-12(2,15)9-13-11(14)8-16-7-10-5-4-6-17-10/h4-6,15H,3,7-9H2,1-2H3,(H,13,14). The summed E-state index contributed by atoms with van der Waals surface area (Å²) in [6.07, 6.45) is 0.635. The zero-order valence-corrected chi connectivity index (χ0v) is 11.9. The summed E-state index contributed by atoms with van der Waals surface area (Å²) < 4.78 is 0. The molecule has 0 spiro atoms. The topological polar surface area (TPSA) is 49.3 Å². The van der Waals surface area contributed by atoms with E-state index in [0.29, 0.717) is 18.7 Å². The van der Waals surface area contributed by atoms with Crippen LogP contribution in [0.15, 0.2) is 17.5 Å². The predicted molar refractivity (Wildman–Crippen MR) is 74.4 cm³/mol. The largest absolute Gasteiger partial charge is 0.388 e. The third-order valence-electron chi connectivity index (χ3n) is 2.49. The molecule has 3 nitrogen and oxygen atoms in total. The van der Waals surface area contributed by atoms with Gasteiger partial charge in [-0.05, 0) is 24.8 Å². The molecular weight excluding hydrogens is 254 g/mol. The number of amides is 1. The van der Waals surface area contributed by atoms with Gasteiger partial charge in [0.1, 0.15) is 0 Å². The van der Waals surface area contributed by atoms with Gasteiger partial charge >= 0.3 is 0 Å². The summed E-state index contributed by atoms with van der Waals surface area (Å²) in [4.78, 5) is 12.8. The number of hydrogen-bond donors (Lipinski definition) is 2. The third-order valence-corrected chi connectivity index (χ3v) is 4.53. The molecule has 0 aromatic carbocycles. The van der Waals surface area contributed by atoms with Crippen molar-refractivity contribution in [1.82, 2.24) is 5.32 Å². The Labute approximate surface area is 111 Å². The number of aliphatic hydroxyl groups is 1. The minimum Gasteiger partial charge on any atom is -0.388 e. The van der Waals surface area contributed by atoms with Crippen molar-refractivity contribution in [3.63, 3.8) is 0 Å². The highest BCUT2D eigenvalue weighted by molar-refractivity contribution is 7.99. The number of carbonyl (C=O) groups is 1. The number of thioether (sulfide) groups is 1. The van der Waals surface area contributed by atoms with Gasteiger partial charge < -0.3 is 10.4 Å². The summed E-state index contributed by atoms with van der Waals surface area (Å²) in [5, 5.41) is 14.5. The zero-order valence-electron chi connectivity index (χ0n) is 10.2. The quantitative estimate of drug-likeness (QED) is 0.801. The van der Waals surface area contributed by atoms with Crippen molar-refractivity contribution in [2.75, 3.05) is 12.3 Å². The van der Waals surface area contributed by atoms with E-state index in [4.69, 9.17) is 0 Å². The molecule has 1 rings (SSSR count). The van der Waals surface area contributed by atoms with Crippen molar-refractivity contribution in [1.29, 1.82) is 0 Å². The first kappa shape index (κ1) is 14.5. The normalized spacial score (nSPS) is 14.3. The van der Waals surface area contributed by atoms with Gasteiger partial charge in [-0.3, -0.25) is 4.79 Å². The Balaban J connectivity index is 2.13. The van der Waals surface area contributed by atoms with Gasteiger partial charge in [0, 0.05) is 17.2 Å². The second-order valence-electron chi connectivity index (χ2n) is 4.20. The van der Waals surface area contributed by atoms with E-state index >= 15 is 0 Å². The van der Waals surface area contributed by atoms with Gasteiger partial charge in [-0.25, -0.2) is 0 Å². The van der Waals surface area contributed by atoms with E-state index in [-0.39, 0.29) is 5.91 Å². The van der Waals surface area contributed by atoms with Crippen LogP contribution < -0.4 is 5.32 Å². The van der Waals surface area contributed by atoms with Crippen LogP contribution in [0.5, 0.6) is 0 Å². The molecule has 0 saturated heterocycles. The van der Waals surface area contributed by atoms with E-state index in [1.807, 2.05) is 18.4 Å². The van der Waals surface area contributed by atoms with Crippen molar-refractivity contribution < 1.29 is 9.90 Å². The number of nitrogens with one attached hydrogen (secondary N) is 1. The fourth-order valence-corrected chi connectivity index (χ4v) is 2.80. The van der Waals surface area contributed by atoms with Crippen molar-refractivity contribution in [3.05, 3.63) is 22.4 Å². The highest BCUT2D eigenvalue weighted by Crippen LogP contribution is 2.16. The molecule has 0 bridgehead atoms. The molecule has 0 radical (unpaired) electrons. The Morgan fingerprint density at radius 3 is 3.00 bits per heavy atom. The maximum Gasteiger partial charge on any atom is 0.230 e. The Kier molecular flexibility index (Phi) is 6.02. The Morgan fingerprint density at radius 1 is 1.65 bits per heavy atom. The second-order valence-corrected chi connectivity index (χ2v) is 6.22. The molecule has 5 heteroatoms. The lowest BCUT2D eigenvalue weighted by Crippen LogP contribution is -2.40. The summed E-state index contributed by atoms with van der Waals surface area (Å²) >= 11 is 3.30. The number of thiophene rings is 1. The van der Waals surface area contributed by atoms with Crippen LogP contribution in [-0.4, -0.2) is 28.9 Å². The Bertz CT molecular complexity index is 336. The first-order valence-corrected chi connectivity index (χ1v) is 7.66. The SMILES string of the molecule is CCC(C)(O)CNC(=O)CSCc1cccs1. The van der Waals surface area contributed by atoms with Crippen LogP contribution in [-0.2, 0) is 10.5 Å². The van der Waals surface area contributed by atoms with E-state index < -0.39 is 5.60 Å². The van der Waals surface area contributed by atoms with Crippen molar-refractivity contribution >= 4 is 29.0 Å². The lowest BCUT2D eigenvalue weighted by molar-refractivity contribution is -0.119. The van der Waals surface area contributed by atoms with Gasteiger partial charge in [0.05, 0.1) is 11.4 Å². The van der Waals surface area contributed by atoms with Crippen LogP contribution in [0.25, 0.3) is 0 Å². The smallest absolute Gasteiger partial charge is 0.230 e. The minimum atomic E-state index is -0.798. The molecule has 1 atom stereocenters. The fourth-order valence-electron chi connectivity index (χ4n) is 1.10. The van der Waals surface area contributed by atoms with E-state index in [9.17, 15) is 9.90 Å². The summed E-state index contributed by atoms with van der Waals surface area (Å²) in [6, 6.07) is 4.08. The Morgan fingerprint density at radius 2 is 2.41 bits per heavy atom. The molecule has 1 aromatic rings. The monoisotopic (exact) mass is 273 g/mol. The van der Waals surface area contributed by atoms with Crippen LogP contribution in [0, 0.1) is 0 Å². The molecule has 2 N–H and O–H groups in total. The molecule has 0 fully saturated rings. The minimum absolute atomic E-state index is 0.0136. The summed E-state index contributed by atoms with van der Waals surface area (Å²) in [6.45, 7) is 3.95. The summed E-state index contributed by atoms with van der Waals surface area (Å²) in [5.41, 5.74) is -0.798. The molecule has 96 valence electrons. The molecule has 0 aliphatic heterocycles. The number of hydrogen-bond acceptors (Lipinski definition) is 4. The first-order valence-electron chi connectivity index (χ1n) is 5.63. The molecular formula is C12H19NO2S2. The van der Waals surface area contributed by atoms with Crippen LogP contribution >= 0.6 is 23.1 Å². The highest BCUT2D eigenvalue weighted by Gasteiger charge is 2.18. The van der Waals surface area contributed by atoms with Crippen LogP contribution in [0.2, 0.25) is 0 Å².